The largest absolute Gasteiger partial charge is 0.369 e. The quantitative estimate of drug-likeness (QED) is 0.561. The average molecular weight is 324 g/mol. The molecule has 0 radical (unpaired) electrons. The van der Waals surface area contributed by atoms with E-state index in [0.717, 1.165) is 50.2 Å². The van der Waals surface area contributed by atoms with Crippen molar-refractivity contribution >= 4 is 17.7 Å². The minimum atomic E-state index is -0.385. The molecule has 122 valence electrons. The molecule has 1 aliphatic rings. The molecule has 0 aliphatic heterocycles. The molecule has 6 nitrogen and oxygen atoms in total. The third kappa shape index (κ3) is 3.89. The van der Waals surface area contributed by atoms with Crippen molar-refractivity contribution in [3.05, 3.63) is 21.7 Å². The molecule has 0 spiro atoms. The molecule has 0 aromatic carbocycles. The molecule has 0 saturated carbocycles. The molecule has 22 heavy (non-hydrogen) atoms. The second-order valence-electron chi connectivity index (χ2n) is 5.41. The van der Waals surface area contributed by atoms with Crippen LogP contribution in [0.1, 0.15) is 31.5 Å². The Balaban J connectivity index is 2.23. The van der Waals surface area contributed by atoms with Crippen LogP contribution in [0.25, 0.3) is 0 Å². The van der Waals surface area contributed by atoms with Crippen LogP contribution in [0.4, 0.5) is 0 Å². The molecular weight excluding hydrogens is 300 g/mol. The second-order valence-corrected chi connectivity index (χ2v) is 6.38. The number of thioether (sulfide) groups is 1. The van der Waals surface area contributed by atoms with Gasteiger partial charge < -0.3 is 10.6 Å². The van der Waals surface area contributed by atoms with Crippen molar-refractivity contribution in [1.29, 1.82) is 0 Å². The van der Waals surface area contributed by atoms with Gasteiger partial charge in [-0.3, -0.25) is 9.36 Å². The third-order valence-corrected chi connectivity index (χ3v) is 5.13. The van der Waals surface area contributed by atoms with Crippen LogP contribution in [-0.2, 0) is 24.2 Å². The molecule has 2 rings (SSSR count). The maximum atomic E-state index is 12.3. The Morgan fingerprint density at radius 1 is 1.36 bits per heavy atom. The summed E-state index contributed by atoms with van der Waals surface area (Å²) in [6.07, 6.45) is 2.88. The summed E-state index contributed by atoms with van der Waals surface area (Å²) in [6.45, 7) is 7.74. The molecule has 1 amide bonds. The van der Waals surface area contributed by atoms with Gasteiger partial charge in [0.15, 0.2) is 0 Å². The van der Waals surface area contributed by atoms with Gasteiger partial charge in [-0.2, -0.15) is 4.98 Å². The van der Waals surface area contributed by atoms with Gasteiger partial charge in [0.2, 0.25) is 5.91 Å². The van der Waals surface area contributed by atoms with E-state index < -0.39 is 0 Å². The van der Waals surface area contributed by atoms with Crippen LogP contribution >= 0.6 is 11.8 Å². The number of aromatic nitrogens is 2. The van der Waals surface area contributed by atoms with E-state index in [2.05, 4.69) is 23.7 Å². The number of fused-ring (bicyclic) bond motifs is 1. The topological polar surface area (TPSA) is 81.2 Å². The van der Waals surface area contributed by atoms with Gasteiger partial charge in [0.1, 0.15) is 5.03 Å². The van der Waals surface area contributed by atoms with Crippen LogP contribution in [0.5, 0.6) is 0 Å². The molecule has 1 aromatic rings. The Hall–Kier alpha value is -1.34. The highest BCUT2D eigenvalue weighted by Crippen LogP contribution is 2.28. The van der Waals surface area contributed by atoms with Gasteiger partial charge in [0.25, 0.3) is 0 Å². The minimum Gasteiger partial charge on any atom is -0.369 e. The Morgan fingerprint density at radius 2 is 2.09 bits per heavy atom. The van der Waals surface area contributed by atoms with E-state index in [9.17, 15) is 9.59 Å². The van der Waals surface area contributed by atoms with E-state index in [1.165, 1.54) is 11.8 Å². The summed E-state index contributed by atoms with van der Waals surface area (Å²) < 4.78 is 1.81. The fourth-order valence-corrected chi connectivity index (χ4v) is 3.67. The van der Waals surface area contributed by atoms with Gasteiger partial charge in [-0.05, 0) is 32.4 Å². The van der Waals surface area contributed by atoms with Gasteiger partial charge in [0.05, 0.1) is 5.75 Å². The van der Waals surface area contributed by atoms with Gasteiger partial charge in [0, 0.05) is 24.3 Å². The Kier molecular flexibility index (Phi) is 6.02. The highest BCUT2D eigenvalue weighted by Gasteiger charge is 2.22. The van der Waals surface area contributed by atoms with E-state index in [1.807, 2.05) is 4.57 Å². The van der Waals surface area contributed by atoms with E-state index in [4.69, 9.17) is 5.73 Å². The van der Waals surface area contributed by atoms with Crippen molar-refractivity contribution in [2.75, 3.05) is 25.4 Å². The number of rotatable bonds is 8. The van der Waals surface area contributed by atoms with Crippen molar-refractivity contribution in [1.82, 2.24) is 14.5 Å². The van der Waals surface area contributed by atoms with E-state index in [1.54, 1.807) is 0 Å². The van der Waals surface area contributed by atoms with Crippen LogP contribution in [0.15, 0.2) is 9.82 Å². The van der Waals surface area contributed by atoms with Crippen molar-refractivity contribution in [3.8, 4) is 0 Å². The summed E-state index contributed by atoms with van der Waals surface area (Å²) in [5, 5.41) is 0.690. The smallest absolute Gasteiger partial charge is 0.348 e. The molecule has 0 atom stereocenters. The summed E-state index contributed by atoms with van der Waals surface area (Å²) in [4.78, 5) is 29.8. The molecule has 1 heterocycles. The Morgan fingerprint density at radius 3 is 2.73 bits per heavy atom. The molecule has 1 aromatic heterocycles. The number of carbonyl (C=O) groups excluding carboxylic acids is 1. The van der Waals surface area contributed by atoms with E-state index >= 15 is 0 Å². The maximum absolute atomic E-state index is 12.3. The van der Waals surface area contributed by atoms with Crippen LogP contribution < -0.4 is 11.4 Å². The number of primary amides is 1. The van der Waals surface area contributed by atoms with Crippen LogP contribution in [0.3, 0.4) is 0 Å². The predicted molar refractivity (Wildman–Crippen MR) is 88.2 cm³/mol. The van der Waals surface area contributed by atoms with E-state index in [0.29, 0.717) is 11.6 Å². The van der Waals surface area contributed by atoms with Gasteiger partial charge in [-0.15, -0.1) is 0 Å². The first-order valence-electron chi connectivity index (χ1n) is 7.82. The zero-order chi connectivity index (χ0) is 16.1. The lowest BCUT2D eigenvalue weighted by molar-refractivity contribution is -0.115. The maximum Gasteiger partial charge on any atom is 0.348 e. The molecule has 0 fully saturated rings. The van der Waals surface area contributed by atoms with Crippen LogP contribution in [0, 0.1) is 0 Å². The molecule has 7 heteroatoms. The number of likely N-dealkylation sites (N-methyl/N-ethyl adjacent to an activating group) is 1. The molecule has 0 unspecified atom stereocenters. The minimum absolute atomic E-state index is 0.169. The van der Waals surface area contributed by atoms with E-state index in [-0.39, 0.29) is 17.3 Å². The number of nitrogens with zero attached hydrogens (tertiary/aromatic N) is 3. The zero-order valence-corrected chi connectivity index (χ0v) is 14.1. The van der Waals surface area contributed by atoms with Crippen molar-refractivity contribution in [3.63, 3.8) is 0 Å². The summed E-state index contributed by atoms with van der Waals surface area (Å²) in [6, 6.07) is 0. The Bertz CT molecular complexity index is 596. The lowest BCUT2D eigenvalue weighted by Gasteiger charge is -2.20. The summed E-state index contributed by atoms with van der Waals surface area (Å²) in [7, 11) is 0. The summed E-state index contributed by atoms with van der Waals surface area (Å²) >= 11 is 1.28. The fourth-order valence-electron chi connectivity index (χ4n) is 2.86. The lowest BCUT2D eigenvalue weighted by atomic mass is 10.2. The fraction of sp³-hybridized carbons (Fsp3) is 0.667. The SMILES string of the molecule is CCN(CC)CCn1c2c(c(SCC(N)=O)nc1=O)CCC2. The molecule has 0 saturated heterocycles. The second kappa shape index (κ2) is 7.78. The highest BCUT2D eigenvalue weighted by molar-refractivity contribution is 7.99. The van der Waals surface area contributed by atoms with Crippen molar-refractivity contribution in [2.45, 2.75) is 44.7 Å². The number of hydrogen-bond acceptors (Lipinski definition) is 5. The first-order chi connectivity index (χ1) is 10.6. The Labute approximate surface area is 135 Å². The van der Waals surface area contributed by atoms with Gasteiger partial charge in [-0.25, -0.2) is 4.79 Å². The van der Waals surface area contributed by atoms with Crippen molar-refractivity contribution < 1.29 is 4.79 Å². The van der Waals surface area contributed by atoms with Crippen molar-refractivity contribution in [2.24, 2.45) is 5.73 Å². The zero-order valence-electron chi connectivity index (χ0n) is 13.3. The number of carbonyl (C=O) groups is 1. The predicted octanol–water partition coefficient (Wildman–Crippen LogP) is 0.651. The highest BCUT2D eigenvalue weighted by atomic mass is 32.2. The third-order valence-electron chi connectivity index (χ3n) is 4.09. The summed E-state index contributed by atoms with van der Waals surface area (Å²) in [5.74, 6) is -0.216. The molecule has 2 N–H and O–H groups in total. The number of nitrogens with two attached hydrogens (primary N) is 1. The monoisotopic (exact) mass is 324 g/mol. The standard InChI is InChI=1S/C15H24N4O2S/c1-3-18(4-2)8-9-19-12-7-5-6-11(12)14(17-15(19)21)22-10-13(16)20/h3-10H2,1-2H3,(H2,16,20). The first kappa shape index (κ1) is 17.0. The first-order valence-corrected chi connectivity index (χ1v) is 8.81. The average Bonchev–Trinajstić information content (AvgIpc) is 2.97. The molecule has 1 aliphatic carbocycles. The number of hydrogen-bond donors (Lipinski definition) is 1. The van der Waals surface area contributed by atoms with Crippen LogP contribution in [-0.4, -0.2) is 45.7 Å². The van der Waals surface area contributed by atoms with Gasteiger partial charge in [-0.1, -0.05) is 25.6 Å². The number of amides is 1. The lowest BCUT2D eigenvalue weighted by Crippen LogP contribution is -2.34. The van der Waals surface area contributed by atoms with Gasteiger partial charge >= 0.3 is 5.69 Å². The molecular formula is C15H24N4O2S. The van der Waals surface area contributed by atoms with Crippen LogP contribution in [0.2, 0.25) is 0 Å². The normalized spacial score (nSPS) is 13.6. The summed E-state index contributed by atoms with van der Waals surface area (Å²) in [5.41, 5.74) is 7.21. The molecule has 0 bridgehead atoms.